The third kappa shape index (κ3) is 3.09. The highest BCUT2D eigenvalue weighted by Crippen LogP contribution is 2.32. The number of carboxylic acids is 1. The van der Waals surface area contributed by atoms with E-state index < -0.39 is 5.97 Å². The maximum Gasteiger partial charge on any atom is 0.347 e. The van der Waals surface area contributed by atoms with Gasteiger partial charge in [-0.3, -0.25) is 0 Å². The van der Waals surface area contributed by atoms with Crippen molar-refractivity contribution in [2.75, 3.05) is 13.9 Å². The number of aryl methyl sites for hydroxylation is 1. The zero-order valence-electron chi connectivity index (χ0n) is 12.8. The number of carboxylic acid groups (broad SMARTS) is 1. The number of benzene rings is 1. The number of aromatic carboxylic acids is 1. The van der Waals surface area contributed by atoms with E-state index in [0.29, 0.717) is 22.1 Å². The molecule has 0 aliphatic carbocycles. The van der Waals surface area contributed by atoms with Crippen molar-refractivity contribution in [1.82, 2.24) is 25.2 Å². The molecule has 2 aromatic heterocycles. The number of ether oxygens (including phenoxy) is 2. The maximum atomic E-state index is 11.2. The largest absolute Gasteiger partial charge is 0.477 e. The molecule has 0 bridgehead atoms. The molecule has 3 aromatic rings. The van der Waals surface area contributed by atoms with E-state index >= 15 is 0 Å². The molecule has 1 aromatic carbocycles. The molecular weight excluding hydrogens is 334 g/mol. The Morgan fingerprint density at radius 2 is 2.25 bits per heavy atom. The van der Waals surface area contributed by atoms with E-state index in [9.17, 15) is 9.90 Å². The Hall–Kier alpha value is -2.85. The zero-order chi connectivity index (χ0) is 17.1. The van der Waals surface area contributed by atoms with Crippen LogP contribution in [0.25, 0.3) is 16.3 Å². The van der Waals surface area contributed by atoms with Gasteiger partial charge in [0.1, 0.15) is 27.6 Å². The number of methoxy groups -OCH3 is 1. The molecule has 0 saturated carbocycles. The number of hydrogen-bond acceptors (Lipinski definition) is 8. The maximum absolute atomic E-state index is 11.2. The molecule has 10 heteroatoms. The number of nitrogens with zero attached hydrogens (tertiary/aromatic N) is 5. The highest BCUT2D eigenvalue weighted by atomic mass is 32.1. The molecule has 0 saturated heterocycles. The zero-order valence-corrected chi connectivity index (χ0v) is 13.6. The van der Waals surface area contributed by atoms with Crippen molar-refractivity contribution in [2.24, 2.45) is 0 Å². The monoisotopic (exact) mass is 347 g/mol. The van der Waals surface area contributed by atoms with E-state index in [-0.39, 0.29) is 11.7 Å². The normalized spacial score (nSPS) is 10.8. The van der Waals surface area contributed by atoms with Gasteiger partial charge in [-0.15, -0.1) is 16.4 Å². The number of hydrogen-bond donors (Lipinski definition) is 1. The fraction of sp³-hybridized carbons (Fsp3) is 0.214. The molecule has 0 radical (unpaired) electrons. The SMILES string of the molecule is COCOc1ccc(-c2nc(C)c(C(=O)O)s2)cc1-n1cnnn1. The number of carbonyl (C=O) groups is 1. The molecule has 0 aliphatic heterocycles. The average Bonchev–Trinajstić information content (AvgIpc) is 3.22. The van der Waals surface area contributed by atoms with Crippen LogP contribution in [-0.2, 0) is 4.74 Å². The summed E-state index contributed by atoms with van der Waals surface area (Å²) in [6.07, 6.45) is 1.44. The molecule has 0 fully saturated rings. The van der Waals surface area contributed by atoms with Gasteiger partial charge in [-0.1, -0.05) is 0 Å². The predicted molar refractivity (Wildman–Crippen MR) is 84.5 cm³/mol. The molecule has 0 spiro atoms. The van der Waals surface area contributed by atoms with Crippen LogP contribution in [0.3, 0.4) is 0 Å². The first-order valence-corrected chi connectivity index (χ1v) is 7.62. The van der Waals surface area contributed by atoms with E-state index in [1.54, 1.807) is 25.1 Å². The van der Waals surface area contributed by atoms with E-state index in [1.165, 1.54) is 18.1 Å². The van der Waals surface area contributed by atoms with Crippen molar-refractivity contribution < 1.29 is 19.4 Å². The van der Waals surface area contributed by atoms with Crippen molar-refractivity contribution in [3.63, 3.8) is 0 Å². The van der Waals surface area contributed by atoms with Crippen LogP contribution in [0.1, 0.15) is 15.4 Å². The molecule has 0 atom stereocenters. The van der Waals surface area contributed by atoms with Gasteiger partial charge in [0.05, 0.1) is 5.69 Å². The molecule has 124 valence electrons. The molecular formula is C14H13N5O4S. The van der Waals surface area contributed by atoms with Gasteiger partial charge in [0, 0.05) is 12.7 Å². The molecule has 1 N–H and O–H groups in total. The van der Waals surface area contributed by atoms with Crippen LogP contribution in [0, 0.1) is 6.92 Å². The minimum atomic E-state index is -0.989. The summed E-state index contributed by atoms with van der Waals surface area (Å²) in [5, 5.41) is 20.9. The van der Waals surface area contributed by atoms with Crippen LogP contribution in [-0.4, -0.2) is 50.2 Å². The number of rotatable bonds is 6. The van der Waals surface area contributed by atoms with Crippen LogP contribution in [0.4, 0.5) is 0 Å². The molecule has 0 amide bonds. The lowest BCUT2D eigenvalue weighted by atomic mass is 10.2. The van der Waals surface area contributed by atoms with Crippen LogP contribution in [0.5, 0.6) is 5.75 Å². The highest BCUT2D eigenvalue weighted by Gasteiger charge is 2.17. The minimum absolute atomic E-state index is 0.0774. The number of thiazole rings is 1. The first-order valence-electron chi connectivity index (χ1n) is 6.80. The van der Waals surface area contributed by atoms with Gasteiger partial charge >= 0.3 is 5.97 Å². The van der Waals surface area contributed by atoms with Crippen LogP contribution in [0.2, 0.25) is 0 Å². The number of tetrazole rings is 1. The molecule has 9 nitrogen and oxygen atoms in total. The number of aromatic nitrogens is 5. The van der Waals surface area contributed by atoms with Gasteiger partial charge in [-0.2, -0.15) is 4.68 Å². The lowest BCUT2D eigenvalue weighted by molar-refractivity contribution is 0.0510. The smallest absolute Gasteiger partial charge is 0.347 e. The van der Waals surface area contributed by atoms with Gasteiger partial charge < -0.3 is 14.6 Å². The Morgan fingerprint density at radius 1 is 1.42 bits per heavy atom. The summed E-state index contributed by atoms with van der Waals surface area (Å²) in [5.74, 6) is -0.461. The van der Waals surface area contributed by atoms with Crippen molar-refractivity contribution >= 4 is 17.3 Å². The molecule has 0 aliphatic rings. The van der Waals surface area contributed by atoms with Gasteiger partial charge in [0.2, 0.25) is 0 Å². The van der Waals surface area contributed by atoms with Crippen LogP contribution < -0.4 is 4.74 Å². The average molecular weight is 347 g/mol. The van der Waals surface area contributed by atoms with Crippen molar-refractivity contribution in [1.29, 1.82) is 0 Å². The Labute approximate surface area is 140 Å². The predicted octanol–water partition coefficient (Wildman–Crippen LogP) is 1.78. The van der Waals surface area contributed by atoms with Crippen molar-refractivity contribution in [3.05, 3.63) is 35.1 Å². The van der Waals surface area contributed by atoms with Crippen molar-refractivity contribution in [3.8, 4) is 22.0 Å². The first kappa shape index (κ1) is 16.0. The Morgan fingerprint density at radius 3 is 2.88 bits per heavy atom. The third-order valence-corrected chi connectivity index (χ3v) is 4.32. The van der Waals surface area contributed by atoms with E-state index in [4.69, 9.17) is 9.47 Å². The topological polar surface area (TPSA) is 112 Å². The lowest BCUT2D eigenvalue weighted by Crippen LogP contribution is -2.04. The van der Waals surface area contributed by atoms with E-state index in [0.717, 1.165) is 16.9 Å². The fourth-order valence-electron chi connectivity index (χ4n) is 2.06. The summed E-state index contributed by atoms with van der Waals surface area (Å²) in [5.41, 5.74) is 1.82. The van der Waals surface area contributed by atoms with E-state index in [1.807, 2.05) is 0 Å². The van der Waals surface area contributed by atoms with Gasteiger partial charge in [-0.25, -0.2) is 9.78 Å². The van der Waals surface area contributed by atoms with Crippen LogP contribution in [0.15, 0.2) is 24.5 Å². The first-order chi connectivity index (χ1) is 11.6. The molecule has 0 unspecified atom stereocenters. The molecule has 2 heterocycles. The quantitative estimate of drug-likeness (QED) is 0.671. The highest BCUT2D eigenvalue weighted by molar-refractivity contribution is 7.17. The van der Waals surface area contributed by atoms with Gasteiger partial charge in [-0.05, 0) is 35.5 Å². The standard InChI is InChI=1S/C14H13N5O4S/c1-8-12(14(20)21)24-13(16-8)9-3-4-11(23-7-22-2)10(5-9)19-6-15-17-18-19/h3-6H,7H2,1-2H3,(H,20,21). The fourth-order valence-corrected chi connectivity index (χ4v) is 2.97. The van der Waals surface area contributed by atoms with E-state index in [2.05, 4.69) is 20.5 Å². The summed E-state index contributed by atoms with van der Waals surface area (Å²) < 4.78 is 11.9. The van der Waals surface area contributed by atoms with Gasteiger partial charge in [0.25, 0.3) is 0 Å². The lowest BCUT2D eigenvalue weighted by Gasteiger charge is -2.11. The molecule has 3 rings (SSSR count). The summed E-state index contributed by atoms with van der Waals surface area (Å²) >= 11 is 1.11. The molecule has 24 heavy (non-hydrogen) atoms. The van der Waals surface area contributed by atoms with Crippen LogP contribution >= 0.6 is 11.3 Å². The summed E-state index contributed by atoms with van der Waals surface area (Å²) in [4.78, 5) is 15.7. The Balaban J connectivity index is 2.05. The Bertz CT molecular complexity index is 862. The minimum Gasteiger partial charge on any atom is -0.477 e. The second kappa shape index (κ2) is 6.72. The summed E-state index contributed by atoms with van der Waals surface area (Å²) in [7, 11) is 1.52. The van der Waals surface area contributed by atoms with Gasteiger partial charge in [0.15, 0.2) is 6.79 Å². The second-order valence-corrected chi connectivity index (χ2v) is 5.73. The van der Waals surface area contributed by atoms with Crippen molar-refractivity contribution in [2.45, 2.75) is 6.92 Å². The third-order valence-electron chi connectivity index (χ3n) is 3.12. The summed E-state index contributed by atoms with van der Waals surface area (Å²) in [6.45, 7) is 1.75. The Kier molecular flexibility index (Phi) is 4.49. The second-order valence-electron chi connectivity index (χ2n) is 4.73. The summed E-state index contributed by atoms with van der Waals surface area (Å²) in [6, 6.07) is 5.32.